The van der Waals surface area contributed by atoms with Crippen molar-refractivity contribution in [2.24, 2.45) is 10.2 Å². The molecule has 0 fully saturated rings. The second kappa shape index (κ2) is 11.4. The van der Waals surface area contributed by atoms with E-state index in [1.54, 1.807) is 48.5 Å². The van der Waals surface area contributed by atoms with Gasteiger partial charge in [0.25, 0.3) is 20.2 Å². The maximum Gasteiger partial charge on any atom is 0.297 e. The Morgan fingerprint density at radius 1 is 0.500 bits per heavy atom. The highest BCUT2D eigenvalue weighted by atomic mass is 32.2. The number of hydrogen-bond donors (Lipinski definition) is 8. The maximum atomic E-state index is 12.5. The van der Waals surface area contributed by atoms with Crippen molar-refractivity contribution in [2.75, 3.05) is 11.5 Å². The summed E-state index contributed by atoms with van der Waals surface area (Å²) >= 11 is 0. The van der Waals surface area contributed by atoms with Crippen molar-refractivity contribution < 1.29 is 36.2 Å². The monoisotopic (exact) mass is 684 g/mol. The molecule has 6 aromatic carbocycles. The Kier molecular flexibility index (Phi) is 7.60. The summed E-state index contributed by atoms with van der Waals surface area (Å²) in [5.41, 5.74) is 28.0. The second-order valence-corrected chi connectivity index (χ2v) is 13.5. The quantitative estimate of drug-likeness (QED) is 0.0469. The number of nitrogens with zero attached hydrogens (tertiary/aromatic N) is 2. The molecule has 0 radical (unpaired) electrons. The molecule has 0 amide bonds. The third-order valence-electron chi connectivity index (χ3n) is 7.89. The highest BCUT2D eigenvalue weighted by Gasteiger charge is 2.30. The van der Waals surface area contributed by atoms with E-state index in [0.717, 1.165) is 0 Å². The number of nitrogen functional groups attached to an aromatic ring is 2. The molecule has 0 aliphatic heterocycles. The molecule has 0 heterocycles. The molecule has 14 nitrogen and oxygen atoms in total. The number of benzene rings is 6. The lowest BCUT2D eigenvalue weighted by Gasteiger charge is -2.17. The minimum Gasteiger partial charge on any atom is -0.505 e. The van der Waals surface area contributed by atoms with Crippen LogP contribution in [0, 0.1) is 11.1 Å². The summed E-state index contributed by atoms with van der Waals surface area (Å²) in [6.45, 7) is 0. The van der Waals surface area contributed by atoms with Gasteiger partial charge in [0.1, 0.15) is 21.2 Å². The number of phenolic OH excluding ortho intramolecular Hbond substituents is 2. The fourth-order valence-corrected chi connectivity index (χ4v) is 7.59. The van der Waals surface area contributed by atoms with Crippen LogP contribution < -0.4 is 11.5 Å². The fourth-order valence-electron chi connectivity index (χ4n) is 5.84. The van der Waals surface area contributed by atoms with E-state index in [2.05, 4.69) is 10.2 Å². The van der Waals surface area contributed by atoms with E-state index in [4.69, 9.17) is 22.5 Å². The maximum absolute atomic E-state index is 12.5. The summed E-state index contributed by atoms with van der Waals surface area (Å²) in [4.78, 5) is -1.53. The molecule has 0 unspecified atom stereocenters. The van der Waals surface area contributed by atoms with E-state index in [1.165, 1.54) is 36.4 Å². The van der Waals surface area contributed by atoms with Gasteiger partial charge >= 0.3 is 0 Å². The minimum absolute atomic E-state index is 0.0302. The van der Waals surface area contributed by atoms with Crippen LogP contribution in [0.4, 0.5) is 22.7 Å². The van der Waals surface area contributed by atoms with Gasteiger partial charge in [-0.25, -0.2) is 11.1 Å². The van der Waals surface area contributed by atoms with Gasteiger partial charge in [-0.05, 0) is 69.4 Å². The molecule has 0 atom stereocenters. The number of aromatic hydroxyl groups is 2. The average Bonchev–Trinajstić information content (AvgIpc) is 3.03. The van der Waals surface area contributed by atoms with Gasteiger partial charge in [0.15, 0.2) is 11.5 Å². The summed E-state index contributed by atoms with van der Waals surface area (Å²) in [6, 6.07) is 21.6. The molecule has 0 aliphatic rings. The zero-order valence-electron chi connectivity index (χ0n) is 24.4. The van der Waals surface area contributed by atoms with Crippen molar-refractivity contribution in [2.45, 2.75) is 9.79 Å². The number of nitrogens with one attached hydrogen (secondary N) is 2. The van der Waals surface area contributed by atoms with Crippen LogP contribution in [0.15, 0.2) is 105 Å². The van der Waals surface area contributed by atoms with Crippen LogP contribution in [0.5, 0.6) is 11.5 Å². The molecule has 0 aromatic heterocycles. The van der Waals surface area contributed by atoms with Crippen molar-refractivity contribution in [3.05, 3.63) is 84.9 Å². The lowest BCUT2D eigenvalue weighted by atomic mass is 9.93. The van der Waals surface area contributed by atoms with Crippen LogP contribution >= 0.6 is 0 Å². The van der Waals surface area contributed by atoms with E-state index in [9.17, 15) is 36.2 Å². The number of nitrogens with two attached hydrogens (primary N) is 2. The number of rotatable bonds is 7. The number of hydrogen-bond acceptors (Lipinski definition) is 12. The first-order chi connectivity index (χ1) is 22.6. The lowest BCUT2D eigenvalue weighted by Crippen LogP contribution is -2.03. The Labute approximate surface area is 272 Å². The van der Waals surface area contributed by atoms with Gasteiger partial charge in [0.2, 0.25) is 0 Å². The normalized spacial score (nSPS) is 12.0. The summed E-state index contributed by atoms with van der Waals surface area (Å²) in [6.07, 6.45) is 0. The van der Waals surface area contributed by atoms with Crippen LogP contribution in [-0.4, -0.2) is 36.2 Å². The Morgan fingerprint density at radius 2 is 0.812 bits per heavy atom. The molecule has 242 valence electrons. The Bertz CT molecular complexity index is 2390. The van der Waals surface area contributed by atoms with Crippen molar-refractivity contribution in [1.82, 2.24) is 0 Å². The van der Waals surface area contributed by atoms with E-state index in [-0.39, 0.29) is 44.0 Å². The molecule has 10 N–H and O–H groups in total. The third kappa shape index (κ3) is 5.23. The molecule has 0 spiro atoms. The van der Waals surface area contributed by atoms with Gasteiger partial charge < -0.3 is 21.7 Å². The van der Waals surface area contributed by atoms with Gasteiger partial charge in [-0.15, -0.1) is 0 Å². The molecule has 16 heteroatoms. The van der Waals surface area contributed by atoms with Crippen LogP contribution in [-0.2, 0) is 20.2 Å². The topological polar surface area (TPSA) is 274 Å². The molecular formula is C32H24N6O8S2. The van der Waals surface area contributed by atoms with Crippen molar-refractivity contribution >= 4 is 64.5 Å². The summed E-state index contributed by atoms with van der Waals surface area (Å²) in [7, 11) is -10.0. The highest BCUT2D eigenvalue weighted by Crippen LogP contribution is 2.50. The molecule has 6 aromatic rings. The lowest BCUT2D eigenvalue weighted by molar-refractivity contribution is 0.472. The first-order valence-corrected chi connectivity index (χ1v) is 16.6. The van der Waals surface area contributed by atoms with E-state index < -0.39 is 52.9 Å². The van der Waals surface area contributed by atoms with Gasteiger partial charge in [-0.2, -0.15) is 27.1 Å². The zero-order valence-corrected chi connectivity index (χ0v) is 26.0. The summed E-state index contributed by atoms with van der Waals surface area (Å²) in [5.74, 6) is -1.23. The first-order valence-electron chi connectivity index (χ1n) is 13.7. The van der Waals surface area contributed by atoms with Gasteiger partial charge in [0, 0.05) is 33.3 Å². The predicted octanol–water partition coefficient (Wildman–Crippen LogP) is 7.39. The van der Waals surface area contributed by atoms with E-state index in [0.29, 0.717) is 22.3 Å². The number of phenols is 2. The highest BCUT2D eigenvalue weighted by molar-refractivity contribution is 7.86. The Hall–Kier alpha value is -5.94. The van der Waals surface area contributed by atoms with Crippen molar-refractivity contribution in [1.29, 1.82) is 11.1 Å². The molecule has 0 bridgehead atoms. The second-order valence-electron chi connectivity index (χ2n) is 10.7. The van der Waals surface area contributed by atoms with Crippen LogP contribution in [0.3, 0.4) is 0 Å². The molecule has 0 saturated heterocycles. The largest absolute Gasteiger partial charge is 0.505 e. The van der Waals surface area contributed by atoms with E-state index >= 15 is 0 Å². The third-order valence-corrected chi connectivity index (χ3v) is 9.72. The van der Waals surface area contributed by atoms with Gasteiger partial charge in [-0.1, -0.05) is 48.5 Å². The first kappa shape index (κ1) is 32.0. The molecule has 48 heavy (non-hydrogen) atoms. The molecule has 6 rings (SSSR count). The van der Waals surface area contributed by atoms with Crippen LogP contribution in [0.1, 0.15) is 0 Å². The smallest absolute Gasteiger partial charge is 0.297 e. The fraction of sp³-hybridized carbons (Fsp3) is 0. The number of anilines is 2. The minimum atomic E-state index is -5.00. The van der Waals surface area contributed by atoms with Gasteiger partial charge in [0.05, 0.1) is 0 Å². The Balaban J connectivity index is 1.51. The van der Waals surface area contributed by atoms with Crippen molar-refractivity contribution in [3.8, 4) is 44.9 Å². The summed E-state index contributed by atoms with van der Waals surface area (Å²) in [5, 5.41) is 28.5. The molecular weight excluding hydrogens is 661 g/mol. The SMILES string of the molecule is N=Nc1c(S(=O)(=O)O)c(-c2ccc(-c3ccc(-c4c(S(=O)(=O)O)c(N=N)c(O)c5ccc(N)cc45)cc3)cc2)c2cc(N)ccc2c1O. The zero-order chi connectivity index (χ0) is 34.7. The summed E-state index contributed by atoms with van der Waals surface area (Å²) < 4.78 is 70.5. The average molecular weight is 685 g/mol. The molecule has 0 saturated carbocycles. The number of fused-ring (bicyclic) bond motifs is 2. The van der Waals surface area contributed by atoms with Crippen LogP contribution in [0.2, 0.25) is 0 Å². The Morgan fingerprint density at radius 3 is 1.10 bits per heavy atom. The van der Waals surface area contributed by atoms with Crippen molar-refractivity contribution in [3.63, 3.8) is 0 Å². The van der Waals surface area contributed by atoms with Gasteiger partial charge in [-0.3, -0.25) is 9.11 Å². The predicted molar refractivity (Wildman–Crippen MR) is 179 cm³/mol. The van der Waals surface area contributed by atoms with E-state index in [1.807, 2.05) is 0 Å². The standard InChI is InChI=1S/C32H24N6O8S2/c33-19-9-11-21-23(13-19)25(31(47(41,42)43)27(37-35)29(21)39)17-5-1-15(2-6-17)16-3-7-18(8-4-16)26-24-14-20(34)10-12-22(24)30(40)28(38-36)32(26)48(44,45)46/h1-14,35-36,39-40H,33-34H2,(H,41,42,43)(H,44,45,46). The molecule has 0 aliphatic carbocycles. The van der Waals surface area contributed by atoms with Crippen LogP contribution in [0.25, 0.3) is 54.9 Å².